The van der Waals surface area contributed by atoms with E-state index in [4.69, 9.17) is 0 Å². The molecule has 1 amide bonds. The van der Waals surface area contributed by atoms with Gasteiger partial charge < -0.3 is 4.74 Å². The fourth-order valence-electron chi connectivity index (χ4n) is 2.25. The lowest BCUT2D eigenvalue weighted by Crippen LogP contribution is -2.07. The molecule has 3 aromatic rings. The summed E-state index contributed by atoms with van der Waals surface area (Å²) in [6.45, 7) is 0. The number of halogens is 1. The second kappa shape index (κ2) is 9.94. The average Bonchev–Trinajstić information content (AvgIpc) is 3.18. The number of hydrogen-bond acceptors (Lipinski definition) is 7. The highest BCUT2D eigenvalue weighted by Gasteiger charge is 2.08. The van der Waals surface area contributed by atoms with Gasteiger partial charge in [0.15, 0.2) is 4.34 Å². The number of nitrogens with one attached hydrogen (secondary N) is 1. The molecule has 6 nitrogen and oxygen atoms in total. The maximum absolute atomic E-state index is 13.1. The van der Waals surface area contributed by atoms with Gasteiger partial charge in [0.2, 0.25) is 11.0 Å². The predicted octanol–water partition coefficient (Wildman–Crippen LogP) is 4.41. The van der Waals surface area contributed by atoms with Crippen LogP contribution in [0.2, 0.25) is 0 Å². The number of nitrogens with zero attached hydrogens (tertiary/aromatic N) is 2. The standard InChI is InChI=1S/C20H16FN3O3S2/c1-27-18(26)15-8-5-14(6-9-15)12-28-20-24-23-19(29-20)22-17(25)10-7-13-3-2-4-16(21)11-13/h2-11H,12H2,1H3,(H,22,23,25)/b10-7+. The van der Waals surface area contributed by atoms with E-state index < -0.39 is 0 Å². The first-order valence-corrected chi connectivity index (χ1v) is 10.2. The Kier molecular flexibility index (Phi) is 7.09. The smallest absolute Gasteiger partial charge is 0.337 e. The second-order valence-corrected chi connectivity index (χ2v) is 7.93. The summed E-state index contributed by atoms with van der Waals surface area (Å²) in [4.78, 5) is 23.4. The largest absolute Gasteiger partial charge is 0.465 e. The zero-order valence-electron chi connectivity index (χ0n) is 15.3. The van der Waals surface area contributed by atoms with Gasteiger partial charge in [0.25, 0.3) is 0 Å². The molecule has 9 heteroatoms. The van der Waals surface area contributed by atoms with Gasteiger partial charge in [-0.05, 0) is 41.5 Å². The zero-order chi connectivity index (χ0) is 20.6. The van der Waals surface area contributed by atoms with Gasteiger partial charge >= 0.3 is 5.97 Å². The van der Waals surface area contributed by atoms with Crippen LogP contribution >= 0.6 is 23.1 Å². The first-order valence-electron chi connectivity index (χ1n) is 8.41. The van der Waals surface area contributed by atoms with Crippen molar-refractivity contribution in [2.45, 2.75) is 10.1 Å². The molecule has 0 saturated heterocycles. The van der Waals surface area contributed by atoms with Crippen molar-refractivity contribution in [1.82, 2.24) is 10.2 Å². The van der Waals surface area contributed by atoms with Crippen LogP contribution in [0.4, 0.5) is 9.52 Å². The lowest BCUT2D eigenvalue weighted by atomic mass is 10.1. The number of benzene rings is 2. The Hall–Kier alpha value is -3.04. The van der Waals surface area contributed by atoms with E-state index >= 15 is 0 Å². The Balaban J connectivity index is 1.51. The normalized spacial score (nSPS) is 10.8. The van der Waals surface area contributed by atoms with E-state index in [9.17, 15) is 14.0 Å². The van der Waals surface area contributed by atoms with Crippen LogP contribution in [0.25, 0.3) is 6.08 Å². The first kappa shape index (κ1) is 20.7. The summed E-state index contributed by atoms with van der Waals surface area (Å²) in [7, 11) is 1.34. The van der Waals surface area contributed by atoms with Gasteiger partial charge in [-0.1, -0.05) is 47.4 Å². The van der Waals surface area contributed by atoms with Gasteiger partial charge in [0.05, 0.1) is 12.7 Å². The van der Waals surface area contributed by atoms with Crippen LogP contribution in [0.15, 0.2) is 58.9 Å². The molecule has 0 aliphatic carbocycles. The lowest BCUT2D eigenvalue weighted by Gasteiger charge is -2.01. The van der Waals surface area contributed by atoms with Crippen LogP contribution in [0.1, 0.15) is 21.5 Å². The molecule has 0 aliphatic heterocycles. The number of carbonyl (C=O) groups is 2. The topological polar surface area (TPSA) is 81.2 Å². The SMILES string of the molecule is COC(=O)c1ccc(CSc2nnc(NC(=O)/C=C/c3cccc(F)c3)s2)cc1. The molecule has 0 saturated carbocycles. The molecule has 2 aromatic carbocycles. The zero-order valence-corrected chi connectivity index (χ0v) is 16.9. The number of esters is 1. The molecule has 29 heavy (non-hydrogen) atoms. The third-order valence-electron chi connectivity index (χ3n) is 3.65. The summed E-state index contributed by atoms with van der Waals surface area (Å²) in [5, 5.41) is 11.0. The molecule has 3 rings (SSSR count). The number of methoxy groups -OCH3 is 1. The minimum absolute atomic E-state index is 0.363. The first-order chi connectivity index (χ1) is 14.0. The highest BCUT2D eigenvalue weighted by molar-refractivity contribution is 8.00. The summed E-state index contributed by atoms with van der Waals surface area (Å²) >= 11 is 2.73. The van der Waals surface area contributed by atoms with Crippen molar-refractivity contribution >= 4 is 46.2 Å². The second-order valence-electron chi connectivity index (χ2n) is 5.73. The summed E-state index contributed by atoms with van der Waals surface area (Å²) in [6.07, 6.45) is 2.83. The molecule has 0 aliphatic rings. The van der Waals surface area contributed by atoms with Crippen LogP contribution in [0.3, 0.4) is 0 Å². The highest BCUT2D eigenvalue weighted by Crippen LogP contribution is 2.28. The van der Waals surface area contributed by atoms with Crippen molar-refractivity contribution in [3.63, 3.8) is 0 Å². The van der Waals surface area contributed by atoms with Gasteiger partial charge in [-0.3, -0.25) is 10.1 Å². The molecule has 0 spiro atoms. The number of amides is 1. The van der Waals surface area contributed by atoms with Crippen molar-refractivity contribution in [2.75, 3.05) is 12.4 Å². The Morgan fingerprint density at radius 3 is 2.72 bits per heavy atom. The van der Waals surface area contributed by atoms with Crippen molar-refractivity contribution in [3.05, 3.63) is 77.1 Å². The fourth-order valence-corrected chi connectivity index (χ4v) is 3.96. The van der Waals surface area contributed by atoms with Crippen molar-refractivity contribution in [1.29, 1.82) is 0 Å². The number of ether oxygens (including phenoxy) is 1. The quantitative estimate of drug-likeness (QED) is 0.259. The molecule has 0 fully saturated rings. The molecule has 0 unspecified atom stereocenters. The monoisotopic (exact) mass is 429 g/mol. The molecular formula is C20H16FN3O3S2. The Bertz CT molecular complexity index is 1040. The minimum Gasteiger partial charge on any atom is -0.465 e. The van der Waals surface area contributed by atoms with E-state index in [2.05, 4.69) is 20.3 Å². The number of hydrogen-bond donors (Lipinski definition) is 1. The number of anilines is 1. The Morgan fingerprint density at radius 1 is 1.21 bits per heavy atom. The van der Waals surface area contributed by atoms with Crippen LogP contribution in [0, 0.1) is 5.82 Å². The van der Waals surface area contributed by atoms with Crippen LogP contribution in [-0.2, 0) is 15.3 Å². The fraction of sp³-hybridized carbons (Fsp3) is 0.100. The maximum Gasteiger partial charge on any atom is 0.337 e. The van der Waals surface area contributed by atoms with E-state index in [-0.39, 0.29) is 17.7 Å². The number of aromatic nitrogens is 2. The summed E-state index contributed by atoms with van der Waals surface area (Å²) < 4.78 is 18.5. The molecule has 1 heterocycles. The number of thioether (sulfide) groups is 1. The predicted molar refractivity (Wildman–Crippen MR) is 111 cm³/mol. The number of rotatable bonds is 7. The van der Waals surface area contributed by atoms with Crippen LogP contribution in [0.5, 0.6) is 0 Å². The van der Waals surface area contributed by atoms with Crippen LogP contribution in [-0.4, -0.2) is 29.2 Å². The molecular weight excluding hydrogens is 413 g/mol. The van der Waals surface area contributed by atoms with Gasteiger partial charge in [-0.15, -0.1) is 10.2 Å². The van der Waals surface area contributed by atoms with Crippen molar-refractivity contribution in [3.8, 4) is 0 Å². The van der Waals surface area contributed by atoms with Crippen molar-refractivity contribution < 1.29 is 18.7 Å². The molecule has 148 valence electrons. The molecule has 0 radical (unpaired) electrons. The van der Waals surface area contributed by atoms with Gasteiger partial charge in [-0.2, -0.15) is 0 Å². The third-order valence-corrected chi connectivity index (χ3v) is 5.69. The molecule has 1 N–H and O–H groups in total. The highest BCUT2D eigenvalue weighted by atomic mass is 32.2. The minimum atomic E-state index is -0.375. The van der Waals surface area contributed by atoms with Gasteiger partial charge in [0.1, 0.15) is 5.82 Å². The summed E-state index contributed by atoms with van der Waals surface area (Å²) in [5.74, 6) is -0.470. The summed E-state index contributed by atoms with van der Waals surface area (Å²) in [6, 6.07) is 13.1. The van der Waals surface area contributed by atoms with Crippen LogP contribution < -0.4 is 5.32 Å². The molecule has 0 bridgehead atoms. The van der Waals surface area contributed by atoms with E-state index in [1.807, 2.05) is 12.1 Å². The maximum atomic E-state index is 13.1. The Labute approximate surface area is 174 Å². The average molecular weight is 429 g/mol. The van der Waals surface area contributed by atoms with Gasteiger partial charge in [0, 0.05) is 11.8 Å². The summed E-state index contributed by atoms with van der Waals surface area (Å²) in [5.41, 5.74) is 2.10. The van der Waals surface area contributed by atoms with E-state index in [1.165, 1.54) is 54.5 Å². The number of carbonyl (C=O) groups excluding carboxylic acids is 2. The molecule has 0 atom stereocenters. The lowest BCUT2D eigenvalue weighted by molar-refractivity contribution is -0.111. The van der Waals surface area contributed by atoms with E-state index in [0.29, 0.717) is 26.4 Å². The third kappa shape index (κ3) is 6.23. The molecule has 1 aromatic heterocycles. The van der Waals surface area contributed by atoms with Gasteiger partial charge in [-0.25, -0.2) is 9.18 Å². The van der Waals surface area contributed by atoms with Crippen molar-refractivity contribution in [2.24, 2.45) is 0 Å². The Morgan fingerprint density at radius 2 is 2.00 bits per heavy atom. The van der Waals surface area contributed by atoms with E-state index in [0.717, 1.165) is 5.56 Å². The van der Waals surface area contributed by atoms with E-state index in [1.54, 1.807) is 24.3 Å².